The van der Waals surface area contributed by atoms with Gasteiger partial charge in [-0.25, -0.2) is 8.42 Å². The molecule has 0 bridgehead atoms. The molecule has 3 aromatic carbocycles. The van der Waals surface area contributed by atoms with Gasteiger partial charge in [0.2, 0.25) is 9.84 Å². The molecule has 0 fully saturated rings. The molecule has 0 saturated carbocycles. The molecule has 132 valence electrons. The summed E-state index contributed by atoms with van der Waals surface area (Å²) in [5.41, 5.74) is 3.03. The van der Waals surface area contributed by atoms with Crippen LogP contribution in [0, 0.1) is 0 Å². The third kappa shape index (κ3) is 2.69. The lowest BCUT2D eigenvalue weighted by molar-refractivity contribution is 0.199. The molecule has 4 nitrogen and oxygen atoms in total. The standard InChI is InChI=1S/C21H19NO3S/c1-15(23)17-11-12-21-19(13-17)22(14-16-7-3-2-4-8-16)18-9-5-6-10-20(18)26(21,24)25/h2-13,15,23H,14H2,1H3. The number of hydrogen-bond donors (Lipinski definition) is 1. The van der Waals surface area contributed by atoms with Crippen molar-refractivity contribution in [3.63, 3.8) is 0 Å². The average Bonchev–Trinajstić information content (AvgIpc) is 2.66. The number of para-hydroxylation sites is 1. The van der Waals surface area contributed by atoms with Crippen LogP contribution in [0.5, 0.6) is 0 Å². The van der Waals surface area contributed by atoms with Gasteiger partial charge in [0.15, 0.2) is 0 Å². The predicted molar refractivity (Wildman–Crippen MR) is 101 cm³/mol. The zero-order valence-corrected chi connectivity index (χ0v) is 15.1. The van der Waals surface area contributed by atoms with E-state index in [2.05, 4.69) is 0 Å². The van der Waals surface area contributed by atoms with Gasteiger partial charge in [-0.3, -0.25) is 0 Å². The SMILES string of the molecule is CC(O)c1ccc2c(c1)N(Cc1ccccc1)c1ccccc1S2(=O)=O. The zero-order chi connectivity index (χ0) is 18.3. The Hall–Kier alpha value is -2.63. The van der Waals surface area contributed by atoms with Crippen molar-refractivity contribution < 1.29 is 13.5 Å². The van der Waals surface area contributed by atoms with Crippen molar-refractivity contribution in [2.45, 2.75) is 29.4 Å². The largest absolute Gasteiger partial charge is 0.389 e. The van der Waals surface area contributed by atoms with Crippen LogP contribution in [0.2, 0.25) is 0 Å². The summed E-state index contributed by atoms with van der Waals surface area (Å²) in [7, 11) is -3.59. The molecule has 1 N–H and O–H groups in total. The second-order valence-electron chi connectivity index (χ2n) is 6.45. The third-order valence-electron chi connectivity index (χ3n) is 4.67. The number of benzene rings is 3. The van der Waals surface area contributed by atoms with E-state index in [4.69, 9.17) is 0 Å². The lowest BCUT2D eigenvalue weighted by atomic mass is 10.1. The van der Waals surface area contributed by atoms with E-state index in [1.807, 2.05) is 47.4 Å². The second-order valence-corrected chi connectivity index (χ2v) is 8.33. The summed E-state index contributed by atoms with van der Waals surface area (Å²) in [6.07, 6.45) is -0.668. The van der Waals surface area contributed by atoms with Crippen LogP contribution < -0.4 is 4.90 Å². The van der Waals surface area contributed by atoms with Crippen molar-refractivity contribution in [1.82, 2.24) is 0 Å². The second kappa shape index (κ2) is 6.27. The van der Waals surface area contributed by atoms with Crippen LogP contribution in [0.4, 0.5) is 11.4 Å². The van der Waals surface area contributed by atoms with E-state index in [0.717, 1.165) is 5.56 Å². The van der Waals surface area contributed by atoms with Crippen LogP contribution in [0.1, 0.15) is 24.2 Å². The first kappa shape index (κ1) is 16.8. The van der Waals surface area contributed by atoms with Crippen molar-refractivity contribution in [2.75, 3.05) is 4.90 Å². The topological polar surface area (TPSA) is 57.6 Å². The smallest absolute Gasteiger partial charge is 0.210 e. The lowest BCUT2D eigenvalue weighted by Crippen LogP contribution is -2.26. The predicted octanol–water partition coefficient (Wildman–Crippen LogP) is 4.22. The van der Waals surface area contributed by atoms with Gasteiger partial charge in [-0.1, -0.05) is 48.5 Å². The summed E-state index contributed by atoms with van der Waals surface area (Å²) in [5.74, 6) is 0. The zero-order valence-electron chi connectivity index (χ0n) is 14.3. The maximum atomic E-state index is 13.1. The molecule has 0 amide bonds. The van der Waals surface area contributed by atoms with E-state index in [9.17, 15) is 13.5 Å². The third-order valence-corrected chi connectivity index (χ3v) is 6.52. The molecular formula is C21H19NO3S. The molecule has 1 aliphatic heterocycles. The number of aliphatic hydroxyl groups is 1. The van der Waals surface area contributed by atoms with Crippen molar-refractivity contribution >= 4 is 21.2 Å². The van der Waals surface area contributed by atoms with E-state index >= 15 is 0 Å². The average molecular weight is 365 g/mol. The van der Waals surface area contributed by atoms with Gasteiger partial charge in [0.05, 0.1) is 27.3 Å². The molecule has 26 heavy (non-hydrogen) atoms. The number of nitrogens with zero attached hydrogens (tertiary/aromatic N) is 1. The van der Waals surface area contributed by atoms with Gasteiger partial charge in [0, 0.05) is 6.54 Å². The summed E-state index contributed by atoms with van der Waals surface area (Å²) in [6, 6.07) is 22.0. The maximum Gasteiger partial charge on any atom is 0.210 e. The Bertz CT molecular complexity index is 1060. The van der Waals surface area contributed by atoms with Crippen LogP contribution in [0.25, 0.3) is 0 Å². The fourth-order valence-electron chi connectivity index (χ4n) is 3.32. The monoisotopic (exact) mass is 365 g/mol. The Morgan fingerprint density at radius 1 is 0.885 bits per heavy atom. The number of anilines is 2. The van der Waals surface area contributed by atoms with Gasteiger partial charge in [-0.2, -0.15) is 0 Å². The Balaban J connectivity index is 1.95. The number of aliphatic hydroxyl groups excluding tert-OH is 1. The maximum absolute atomic E-state index is 13.1. The van der Waals surface area contributed by atoms with E-state index in [0.29, 0.717) is 28.4 Å². The van der Waals surface area contributed by atoms with Crippen LogP contribution >= 0.6 is 0 Å². The highest BCUT2D eigenvalue weighted by molar-refractivity contribution is 7.92. The summed E-state index contributed by atoms with van der Waals surface area (Å²) in [5, 5.41) is 9.96. The first-order valence-electron chi connectivity index (χ1n) is 8.46. The van der Waals surface area contributed by atoms with Gasteiger partial charge in [0.1, 0.15) is 0 Å². The molecule has 1 heterocycles. The normalized spacial score (nSPS) is 15.8. The molecule has 1 aliphatic rings. The van der Waals surface area contributed by atoms with E-state index in [1.165, 1.54) is 0 Å². The molecular weight excluding hydrogens is 346 g/mol. The Labute approximate surface area is 153 Å². The van der Waals surface area contributed by atoms with Gasteiger partial charge in [-0.15, -0.1) is 0 Å². The molecule has 0 spiro atoms. The number of fused-ring (bicyclic) bond motifs is 2. The molecule has 5 heteroatoms. The molecule has 1 unspecified atom stereocenters. The summed E-state index contributed by atoms with van der Waals surface area (Å²) in [4.78, 5) is 2.59. The number of hydrogen-bond acceptors (Lipinski definition) is 4. The van der Waals surface area contributed by atoms with E-state index in [1.54, 1.807) is 37.3 Å². The van der Waals surface area contributed by atoms with E-state index < -0.39 is 15.9 Å². The molecule has 3 aromatic rings. The molecule has 0 aliphatic carbocycles. The minimum absolute atomic E-state index is 0.275. The molecule has 0 saturated heterocycles. The van der Waals surface area contributed by atoms with Crippen LogP contribution in [0.3, 0.4) is 0 Å². The van der Waals surface area contributed by atoms with Gasteiger partial charge < -0.3 is 10.0 Å². The van der Waals surface area contributed by atoms with Crippen molar-refractivity contribution in [3.05, 3.63) is 83.9 Å². The van der Waals surface area contributed by atoms with Gasteiger partial charge in [0.25, 0.3) is 0 Å². The van der Waals surface area contributed by atoms with Crippen LogP contribution in [-0.4, -0.2) is 13.5 Å². The fraction of sp³-hybridized carbons (Fsp3) is 0.143. The number of sulfone groups is 1. The minimum atomic E-state index is -3.59. The minimum Gasteiger partial charge on any atom is -0.389 e. The molecule has 0 radical (unpaired) electrons. The first-order chi connectivity index (χ1) is 12.5. The summed E-state index contributed by atoms with van der Waals surface area (Å²) >= 11 is 0. The highest BCUT2D eigenvalue weighted by Crippen LogP contribution is 2.45. The Morgan fingerprint density at radius 3 is 2.27 bits per heavy atom. The highest BCUT2D eigenvalue weighted by atomic mass is 32.2. The quantitative estimate of drug-likeness (QED) is 0.755. The van der Waals surface area contributed by atoms with Crippen molar-refractivity contribution in [3.8, 4) is 0 Å². The van der Waals surface area contributed by atoms with Gasteiger partial charge >= 0.3 is 0 Å². The summed E-state index contributed by atoms with van der Waals surface area (Å²) in [6.45, 7) is 2.22. The molecule has 1 atom stereocenters. The van der Waals surface area contributed by atoms with Crippen LogP contribution in [0.15, 0.2) is 82.6 Å². The van der Waals surface area contributed by atoms with Crippen molar-refractivity contribution in [1.29, 1.82) is 0 Å². The van der Waals surface area contributed by atoms with E-state index in [-0.39, 0.29) is 4.90 Å². The molecule has 4 rings (SSSR count). The number of rotatable bonds is 3. The first-order valence-corrected chi connectivity index (χ1v) is 9.94. The van der Waals surface area contributed by atoms with Crippen LogP contribution in [-0.2, 0) is 16.4 Å². The van der Waals surface area contributed by atoms with Crippen molar-refractivity contribution in [2.24, 2.45) is 0 Å². The Morgan fingerprint density at radius 2 is 1.54 bits per heavy atom. The molecule has 0 aromatic heterocycles. The van der Waals surface area contributed by atoms with Gasteiger partial charge in [-0.05, 0) is 42.3 Å². The fourth-order valence-corrected chi connectivity index (χ4v) is 4.96. The highest BCUT2D eigenvalue weighted by Gasteiger charge is 2.34. The Kier molecular flexibility index (Phi) is 4.05. The summed E-state index contributed by atoms with van der Waals surface area (Å²) < 4.78 is 26.2. The lowest BCUT2D eigenvalue weighted by Gasteiger charge is -2.33.